The van der Waals surface area contributed by atoms with E-state index in [1.807, 2.05) is 42.5 Å². The van der Waals surface area contributed by atoms with Crippen molar-refractivity contribution in [3.05, 3.63) is 71.8 Å². The van der Waals surface area contributed by atoms with E-state index in [9.17, 15) is 5.11 Å². The second kappa shape index (κ2) is 8.33. The van der Waals surface area contributed by atoms with Crippen LogP contribution in [-0.4, -0.2) is 20.1 Å². The van der Waals surface area contributed by atoms with Gasteiger partial charge in [0.1, 0.15) is 16.8 Å². The van der Waals surface area contributed by atoms with Crippen LogP contribution in [0.4, 0.5) is 0 Å². The average molecular weight is 442 g/mol. The zero-order valence-corrected chi connectivity index (χ0v) is 20.8. The first-order valence-electron chi connectivity index (χ1n) is 11.8. The number of rotatable bonds is 5. The highest BCUT2D eigenvalue weighted by molar-refractivity contribution is 5.80. The Hall–Kier alpha value is -3.14. The largest absolute Gasteiger partial charge is 0.507 e. The Morgan fingerprint density at radius 3 is 2.03 bits per heavy atom. The Morgan fingerprint density at radius 1 is 0.818 bits per heavy atom. The number of benzene rings is 3. The van der Waals surface area contributed by atoms with Gasteiger partial charge in [-0.05, 0) is 52.5 Å². The second-order valence-electron chi connectivity index (χ2n) is 11.2. The fourth-order valence-corrected chi connectivity index (χ4v) is 4.99. The van der Waals surface area contributed by atoms with Gasteiger partial charge in [-0.1, -0.05) is 90.9 Å². The van der Waals surface area contributed by atoms with Crippen molar-refractivity contribution in [1.29, 1.82) is 0 Å². The Kier molecular flexibility index (Phi) is 5.81. The number of para-hydroxylation sites is 1. The molecule has 1 aromatic heterocycles. The predicted octanol–water partition coefficient (Wildman–Crippen LogP) is 7.63. The van der Waals surface area contributed by atoms with Crippen LogP contribution in [0.5, 0.6) is 5.75 Å². The molecule has 0 unspecified atom stereocenters. The van der Waals surface area contributed by atoms with Crippen molar-refractivity contribution < 1.29 is 5.11 Å². The van der Waals surface area contributed by atoms with Gasteiger partial charge in [-0.2, -0.15) is 0 Å². The molecule has 1 N–H and O–H groups in total. The summed E-state index contributed by atoms with van der Waals surface area (Å²) >= 11 is 0. The topological polar surface area (TPSA) is 50.9 Å². The monoisotopic (exact) mass is 441 g/mol. The van der Waals surface area contributed by atoms with E-state index in [4.69, 9.17) is 10.2 Å². The van der Waals surface area contributed by atoms with Gasteiger partial charge in [-0.15, -0.1) is 15.0 Å². The van der Waals surface area contributed by atoms with Crippen LogP contribution in [0.1, 0.15) is 71.9 Å². The summed E-state index contributed by atoms with van der Waals surface area (Å²) in [4.78, 5) is 1.72. The first-order chi connectivity index (χ1) is 15.5. The molecule has 0 saturated carbocycles. The van der Waals surface area contributed by atoms with Crippen molar-refractivity contribution in [2.75, 3.05) is 0 Å². The molecule has 0 saturated heterocycles. The van der Waals surface area contributed by atoms with Crippen LogP contribution < -0.4 is 0 Å². The molecule has 3 aromatic carbocycles. The smallest absolute Gasteiger partial charge is 0.126 e. The van der Waals surface area contributed by atoms with Crippen molar-refractivity contribution in [3.63, 3.8) is 0 Å². The Morgan fingerprint density at radius 2 is 1.45 bits per heavy atom. The quantitative estimate of drug-likeness (QED) is 0.346. The van der Waals surface area contributed by atoms with Gasteiger partial charge in [-0.25, -0.2) is 0 Å². The molecule has 1 heterocycles. The van der Waals surface area contributed by atoms with Crippen LogP contribution in [-0.2, 0) is 5.41 Å². The van der Waals surface area contributed by atoms with Crippen molar-refractivity contribution in [2.45, 2.75) is 66.2 Å². The zero-order chi connectivity index (χ0) is 24.0. The molecule has 0 fully saturated rings. The molecule has 4 aromatic rings. The number of aromatic hydroxyl groups is 1. The molecule has 172 valence electrons. The maximum absolute atomic E-state index is 11.2. The van der Waals surface area contributed by atoms with Gasteiger partial charge in [0.05, 0.1) is 5.69 Å². The van der Waals surface area contributed by atoms with Gasteiger partial charge < -0.3 is 5.11 Å². The van der Waals surface area contributed by atoms with Crippen molar-refractivity contribution >= 4 is 11.0 Å². The fourth-order valence-electron chi connectivity index (χ4n) is 4.99. The molecule has 0 aliphatic heterocycles. The minimum absolute atomic E-state index is 0.0278. The fraction of sp³-hybridized carbons (Fsp3) is 0.379. The lowest BCUT2D eigenvalue weighted by Crippen LogP contribution is -2.25. The summed E-state index contributed by atoms with van der Waals surface area (Å²) in [6.07, 6.45) is 1.04. The standard InChI is InChI=1S/C29H35N3O/c1-19(2)21-11-10-12-23(27(21)33)22-16-15-20(29(6,7)18-28(3,4)5)17-26(22)32-30-24-13-8-9-14-25(24)31-32/h8-17,19,33H,18H2,1-7H3. The number of nitrogens with zero attached hydrogens (tertiary/aromatic N) is 3. The van der Waals surface area contributed by atoms with E-state index < -0.39 is 0 Å². The first kappa shape index (κ1) is 23.0. The Labute approximate surface area is 197 Å². The van der Waals surface area contributed by atoms with Gasteiger partial charge in [0.15, 0.2) is 0 Å². The lowest BCUT2D eigenvalue weighted by molar-refractivity contribution is 0.284. The van der Waals surface area contributed by atoms with E-state index in [-0.39, 0.29) is 16.7 Å². The van der Waals surface area contributed by atoms with Gasteiger partial charge in [0.25, 0.3) is 0 Å². The van der Waals surface area contributed by atoms with Crippen molar-refractivity contribution in [3.8, 4) is 22.6 Å². The molecule has 4 heteroatoms. The highest BCUT2D eigenvalue weighted by Gasteiger charge is 2.29. The van der Waals surface area contributed by atoms with E-state index in [1.165, 1.54) is 5.56 Å². The zero-order valence-electron chi connectivity index (χ0n) is 20.8. The molecule has 4 rings (SSSR count). The predicted molar refractivity (Wildman–Crippen MR) is 137 cm³/mol. The molecule has 0 bridgehead atoms. The van der Waals surface area contributed by atoms with Crippen LogP contribution in [0.15, 0.2) is 60.7 Å². The Balaban J connectivity index is 1.95. The van der Waals surface area contributed by atoms with Crippen molar-refractivity contribution in [2.24, 2.45) is 5.41 Å². The van der Waals surface area contributed by atoms with Crippen molar-refractivity contribution in [1.82, 2.24) is 15.0 Å². The third-order valence-electron chi connectivity index (χ3n) is 6.23. The number of phenolic OH excluding ortho intramolecular Hbond substituents is 1. The van der Waals surface area contributed by atoms with E-state index >= 15 is 0 Å². The van der Waals surface area contributed by atoms with Gasteiger partial charge >= 0.3 is 0 Å². The number of aromatic nitrogens is 3. The minimum atomic E-state index is -0.0278. The molecule has 0 radical (unpaired) electrons. The highest BCUT2D eigenvalue weighted by Crippen LogP contribution is 2.42. The lowest BCUT2D eigenvalue weighted by Gasteiger charge is -2.33. The van der Waals surface area contributed by atoms with Gasteiger partial charge in [0.2, 0.25) is 0 Å². The lowest BCUT2D eigenvalue weighted by atomic mass is 9.72. The number of hydrogen-bond acceptors (Lipinski definition) is 3. The minimum Gasteiger partial charge on any atom is -0.507 e. The van der Waals surface area contributed by atoms with Gasteiger partial charge in [0, 0.05) is 11.1 Å². The molecular formula is C29H35N3O. The van der Waals surface area contributed by atoms with E-state index in [0.717, 1.165) is 39.8 Å². The first-order valence-corrected chi connectivity index (χ1v) is 11.8. The SMILES string of the molecule is CC(C)c1cccc(-c2ccc(C(C)(C)CC(C)(C)C)cc2-n2nc3ccccc3n2)c1O. The molecular weight excluding hydrogens is 406 g/mol. The average Bonchev–Trinajstić information content (AvgIpc) is 3.16. The molecule has 0 spiro atoms. The van der Waals surface area contributed by atoms with Crippen LogP contribution in [0.2, 0.25) is 0 Å². The summed E-state index contributed by atoms with van der Waals surface area (Å²) in [5.74, 6) is 0.552. The third-order valence-corrected chi connectivity index (χ3v) is 6.23. The summed E-state index contributed by atoms with van der Waals surface area (Å²) in [7, 11) is 0. The molecule has 0 aliphatic rings. The van der Waals surface area contributed by atoms with E-state index in [1.54, 1.807) is 4.80 Å². The molecule has 4 nitrogen and oxygen atoms in total. The van der Waals surface area contributed by atoms with E-state index in [2.05, 4.69) is 66.7 Å². The normalized spacial score (nSPS) is 12.6. The number of phenols is 1. The van der Waals surface area contributed by atoms with Crippen LogP contribution in [0, 0.1) is 5.41 Å². The van der Waals surface area contributed by atoms with Gasteiger partial charge in [-0.3, -0.25) is 0 Å². The number of fused-ring (bicyclic) bond motifs is 1. The summed E-state index contributed by atoms with van der Waals surface area (Å²) in [5.41, 5.74) is 6.65. The Bertz CT molecular complexity index is 1260. The second-order valence-corrected chi connectivity index (χ2v) is 11.2. The molecule has 0 atom stereocenters. The van der Waals surface area contributed by atoms with Crippen LogP contribution >= 0.6 is 0 Å². The van der Waals surface area contributed by atoms with Crippen LogP contribution in [0.3, 0.4) is 0 Å². The summed E-state index contributed by atoms with van der Waals surface area (Å²) in [6.45, 7) is 15.6. The highest BCUT2D eigenvalue weighted by atomic mass is 16.3. The number of hydrogen-bond donors (Lipinski definition) is 1. The maximum Gasteiger partial charge on any atom is 0.126 e. The van der Waals surface area contributed by atoms with E-state index in [0.29, 0.717) is 5.75 Å². The third kappa shape index (κ3) is 4.66. The summed E-state index contributed by atoms with van der Waals surface area (Å²) in [5, 5.41) is 20.7. The maximum atomic E-state index is 11.2. The molecule has 0 amide bonds. The molecule has 33 heavy (non-hydrogen) atoms. The summed E-state index contributed by atoms with van der Waals surface area (Å²) < 4.78 is 0. The molecule has 0 aliphatic carbocycles. The van der Waals surface area contributed by atoms with Crippen LogP contribution in [0.25, 0.3) is 27.8 Å². The summed E-state index contributed by atoms with van der Waals surface area (Å²) in [6, 6.07) is 20.4.